The van der Waals surface area contributed by atoms with Gasteiger partial charge < -0.3 is 14.6 Å². The van der Waals surface area contributed by atoms with Crippen molar-refractivity contribution in [3.63, 3.8) is 0 Å². The zero-order valence-corrected chi connectivity index (χ0v) is 9.51. The minimum absolute atomic E-state index is 0.112. The van der Waals surface area contributed by atoms with Crippen molar-refractivity contribution in [2.45, 2.75) is 25.6 Å². The van der Waals surface area contributed by atoms with Gasteiger partial charge in [0.25, 0.3) is 6.29 Å². The molecule has 0 fully saturated rings. The Morgan fingerprint density at radius 1 is 1.25 bits per heavy atom. The van der Waals surface area contributed by atoms with Gasteiger partial charge in [0.2, 0.25) is 0 Å². The van der Waals surface area contributed by atoms with Gasteiger partial charge in [0.15, 0.2) is 0 Å². The normalized spacial score (nSPS) is 15.9. The number of aliphatic hydroxyl groups excluding tert-OH is 1. The maximum Gasteiger partial charge on any atom is 0.266 e. The van der Waals surface area contributed by atoms with Crippen molar-refractivity contribution >= 4 is 0 Å². The van der Waals surface area contributed by atoms with Crippen molar-refractivity contribution in [3.8, 4) is 0 Å². The standard InChI is InChI=1S/C13H16O3/c1-13(2,9-14)11-5-3-4-10(8-11)12-15-6-7-16-12/h3-8,12,14H,9H2,1-2H3. The van der Waals surface area contributed by atoms with Crippen molar-refractivity contribution in [2.75, 3.05) is 6.61 Å². The molecule has 1 aliphatic rings. The van der Waals surface area contributed by atoms with Crippen LogP contribution >= 0.6 is 0 Å². The summed E-state index contributed by atoms with van der Waals surface area (Å²) in [5.41, 5.74) is 1.79. The van der Waals surface area contributed by atoms with E-state index in [1.165, 1.54) is 12.5 Å². The molecule has 0 saturated carbocycles. The number of hydrogen-bond donors (Lipinski definition) is 1. The minimum atomic E-state index is -0.352. The fraction of sp³-hybridized carbons (Fsp3) is 0.385. The molecule has 1 aliphatic heterocycles. The Hall–Kier alpha value is -1.48. The molecule has 16 heavy (non-hydrogen) atoms. The predicted molar refractivity (Wildman–Crippen MR) is 60.6 cm³/mol. The molecule has 3 heteroatoms. The summed E-state index contributed by atoms with van der Waals surface area (Å²) < 4.78 is 10.6. The van der Waals surface area contributed by atoms with E-state index in [9.17, 15) is 5.11 Å². The Balaban J connectivity index is 2.26. The van der Waals surface area contributed by atoms with Crippen LogP contribution in [-0.2, 0) is 14.9 Å². The molecule has 1 aromatic rings. The molecule has 0 bridgehead atoms. The lowest BCUT2D eigenvalue weighted by Crippen LogP contribution is -2.22. The molecule has 0 spiro atoms. The highest BCUT2D eigenvalue weighted by Gasteiger charge is 2.22. The Kier molecular flexibility index (Phi) is 2.88. The van der Waals surface area contributed by atoms with Gasteiger partial charge in [-0.2, -0.15) is 0 Å². The molecule has 0 saturated heterocycles. The van der Waals surface area contributed by atoms with E-state index < -0.39 is 0 Å². The van der Waals surface area contributed by atoms with Gasteiger partial charge in [-0.3, -0.25) is 0 Å². The molecule has 1 N–H and O–H groups in total. The van der Waals surface area contributed by atoms with Crippen LogP contribution in [0.25, 0.3) is 0 Å². The van der Waals surface area contributed by atoms with E-state index in [0.29, 0.717) is 0 Å². The van der Waals surface area contributed by atoms with Crippen molar-refractivity contribution in [3.05, 3.63) is 47.9 Å². The Morgan fingerprint density at radius 2 is 1.94 bits per heavy atom. The summed E-state index contributed by atoms with van der Waals surface area (Å²) in [4.78, 5) is 0. The highest BCUT2D eigenvalue weighted by Crippen LogP contribution is 2.29. The monoisotopic (exact) mass is 220 g/mol. The molecule has 86 valence electrons. The van der Waals surface area contributed by atoms with E-state index in [4.69, 9.17) is 9.47 Å². The Labute approximate surface area is 95.3 Å². The molecule has 3 nitrogen and oxygen atoms in total. The topological polar surface area (TPSA) is 38.7 Å². The maximum absolute atomic E-state index is 9.33. The lowest BCUT2D eigenvalue weighted by atomic mass is 9.85. The van der Waals surface area contributed by atoms with Gasteiger partial charge in [-0.1, -0.05) is 32.0 Å². The van der Waals surface area contributed by atoms with Crippen LogP contribution < -0.4 is 0 Å². The summed E-state index contributed by atoms with van der Waals surface area (Å²) in [6.07, 6.45) is 2.72. The molecular formula is C13H16O3. The van der Waals surface area contributed by atoms with Crippen LogP contribution in [0.3, 0.4) is 0 Å². The van der Waals surface area contributed by atoms with Crippen molar-refractivity contribution in [1.82, 2.24) is 0 Å². The van der Waals surface area contributed by atoms with E-state index in [1.54, 1.807) is 0 Å². The number of ether oxygens (including phenoxy) is 2. The lowest BCUT2D eigenvalue weighted by molar-refractivity contribution is -0.0247. The van der Waals surface area contributed by atoms with Crippen molar-refractivity contribution in [1.29, 1.82) is 0 Å². The second-order valence-corrected chi connectivity index (χ2v) is 4.54. The second-order valence-electron chi connectivity index (χ2n) is 4.54. The average Bonchev–Trinajstić information content (AvgIpc) is 2.83. The van der Waals surface area contributed by atoms with Gasteiger partial charge in [0.1, 0.15) is 12.5 Å². The third kappa shape index (κ3) is 2.04. The molecule has 0 unspecified atom stereocenters. The van der Waals surface area contributed by atoms with Crippen LogP contribution in [0, 0.1) is 0 Å². The van der Waals surface area contributed by atoms with Crippen molar-refractivity contribution in [2.24, 2.45) is 0 Å². The van der Waals surface area contributed by atoms with Crippen LogP contribution in [-0.4, -0.2) is 11.7 Å². The number of benzene rings is 1. The third-order valence-electron chi connectivity index (χ3n) is 2.80. The van der Waals surface area contributed by atoms with E-state index in [1.807, 2.05) is 38.1 Å². The van der Waals surface area contributed by atoms with Gasteiger partial charge in [0, 0.05) is 11.0 Å². The number of aliphatic hydroxyl groups is 1. The van der Waals surface area contributed by atoms with Crippen LogP contribution in [0.2, 0.25) is 0 Å². The largest absolute Gasteiger partial charge is 0.455 e. The quantitative estimate of drug-likeness (QED) is 0.850. The molecule has 1 heterocycles. The van der Waals surface area contributed by atoms with E-state index in [0.717, 1.165) is 11.1 Å². The average molecular weight is 220 g/mol. The molecule has 0 amide bonds. The highest BCUT2D eigenvalue weighted by molar-refractivity contribution is 5.30. The van der Waals surface area contributed by atoms with Crippen LogP contribution in [0.5, 0.6) is 0 Å². The summed E-state index contributed by atoms with van der Waals surface area (Å²) in [5, 5.41) is 9.33. The highest BCUT2D eigenvalue weighted by atomic mass is 16.7. The maximum atomic E-state index is 9.33. The zero-order valence-electron chi connectivity index (χ0n) is 9.51. The second kappa shape index (κ2) is 4.18. The van der Waals surface area contributed by atoms with Crippen LogP contribution in [0.4, 0.5) is 0 Å². The lowest BCUT2D eigenvalue weighted by Gasteiger charge is -2.23. The summed E-state index contributed by atoms with van der Waals surface area (Å²) in [6.45, 7) is 4.11. The summed E-state index contributed by atoms with van der Waals surface area (Å²) in [5.74, 6) is 0. The number of hydrogen-bond acceptors (Lipinski definition) is 3. The van der Waals surface area contributed by atoms with Gasteiger partial charge in [-0.05, 0) is 11.6 Å². The molecule has 0 radical (unpaired) electrons. The SMILES string of the molecule is CC(C)(CO)c1cccc(C2OC=CO2)c1. The minimum Gasteiger partial charge on any atom is -0.455 e. The fourth-order valence-electron chi connectivity index (χ4n) is 1.59. The first kappa shape index (κ1) is 11.0. The van der Waals surface area contributed by atoms with Gasteiger partial charge in [0.05, 0.1) is 6.61 Å². The summed E-state index contributed by atoms with van der Waals surface area (Å²) in [6, 6.07) is 7.91. The van der Waals surface area contributed by atoms with Gasteiger partial charge in [-0.15, -0.1) is 0 Å². The van der Waals surface area contributed by atoms with Gasteiger partial charge in [-0.25, -0.2) is 0 Å². The van der Waals surface area contributed by atoms with Crippen LogP contribution in [0.15, 0.2) is 36.8 Å². The number of rotatable bonds is 3. The molecule has 1 aromatic carbocycles. The van der Waals surface area contributed by atoms with E-state index >= 15 is 0 Å². The smallest absolute Gasteiger partial charge is 0.266 e. The first-order valence-corrected chi connectivity index (χ1v) is 5.31. The Bertz CT molecular complexity index is 388. The first-order valence-electron chi connectivity index (χ1n) is 5.31. The molecule has 2 rings (SSSR count). The summed E-state index contributed by atoms with van der Waals surface area (Å²) in [7, 11) is 0. The molecule has 0 aliphatic carbocycles. The van der Waals surface area contributed by atoms with E-state index in [-0.39, 0.29) is 18.3 Å². The molecule has 0 atom stereocenters. The fourth-order valence-corrected chi connectivity index (χ4v) is 1.59. The van der Waals surface area contributed by atoms with Crippen molar-refractivity contribution < 1.29 is 14.6 Å². The van der Waals surface area contributed by atoms with E-state index in [2.05, 4.69) is 0 Å². The van der Waals surface area contributed by atoms with Crippen LogP contribution in [0.1, 0.15) is 31.3 Å². The predicted octanol–water partition coefficient (Wildman–Crippen LogP) is 2.47. The molecule has 0 aromatic heterocycles. The van der Waals surface area contributed by atoms with Gasteiger partial charge >= 0.3 is 0 Å². The third-order valence-corrected chi connectivity index (χ3v) is 2.80. The zero-order chi connectivity index (χ0) is 11.6. The Morgan fingerprint density at radius 3 is 2.56 bits per heavy atom. The summed E-state index contributed by atoms with van der Waals surface area (Å²) >= 11 is 0. The first-order chi connectivity index (χ1) is 7.63. The molecular weight excluding hydrogens is 204 g/mol.